The van der Waals surface area contributed by atoms with Crippen LogP contribution in [0.1, 0.15) is 44.9 Å². The number of nitrogens with one attached hydrogen (secondary N) is 1. The van der Waals surface area contributed by atoms with Crippen molar-refractivity contribution in [3.8, 4) is 0 Å². The Bertz CT molecular complexity index is 327. The molecular weight excluding hydrogens is 244 g/mol. The summed E-state index contributed by atoms with van der Waals surface area (Å²) in [5, 5.41) is 12.5. The fourth-order valence-corrected chi connectivity index (χ4v) is 3.13. The number of likely N-dealkylation sites (tertiary alicyclic amines) is 1. The van der Waals surface area contributed by atoms with Crippen molar-refractivity contribution in [2.45, 2.75) is 51.0 Å². The van der Waals surface area contributed by atoms with Crippen molar-refractivity contribution >= 4 is 11.9 Å². The number of aliphatic carboxylic acids is 1. The van der Waals surface area contributed by atoms with E-state index in [1.165, 1.54) is 0 Å². The summed E-state index contributed by atoms with van der Waals surface area (Å²) in [7, 11) is 0. The molecule has 2 rings (SSSR count). The maximum Gasteiger partial charge on any atom is 0.326 e. The van der Waals surface area contributed by atoms with Gasteiger partial charge in [-0.15, -0.1) is 0 Å². The Hall–Kier alpha value is -1.10. The average Bonchev–Trinajstić information content (AvgIpc) is 2.46. The molecule has 0 radical (unpaired) electrons. The van der Waals surface area contributed by atoms with Crippen LogP contribution in [0.3, 0.4) is 0 Å². The summed E-state index contributed by atoms with van der Waals surface area (Å²) in [5.41, 5.74) is 0. The van der Waals surface area contributed by atoms with Gasteiger partial charge in [-0.1, -0.05) is 0 Å². The van der Waals surface area contributed by atoms with Crippen LogP contribution >= 0.6 is 0 Å². The predicted molar refractivity (Wildman–Crippen MR) is 71.8 cm³/mol. The summed E-state index contributed by atoms with van der Waals surface area (Å²) in [5.74, 6) is -0.196. The largest absolute Gasteiger partial charge is 0.480 e. The lowest BCUT2D eigenvalue weighted by Crippen LogP contribution is -2.48. The maximum absolute atomic E-state index is 12.2. The maximum atomic E-state index is 12.2. The van der Waals surface area contributed by atoms with Gasteiger partial charge >= 0.3 is 5.97 Å². The molecule has 0 aromatic rings. The first-order valence-electron chi connectivity index (χ1n) is 7.41. The normalized spacial score (nSPS) is 25.3. The molecule has 2 heterocycles. The van der Waals surface area contributed by atoms with Crippen molar-refractivity contribution in [2.24, 2.45) is 5.92 Å². The Morgan fingerprint density at radius 3 is 2.58 bits per heavy atom. The summed E-state index contributed by atoms with van der Waals surface area (Å²) in [6.45, 7) is 2.70. The van der Waals surface area contributed by atoms with Crippen LogP contribution in [0.2, 0.25) is 0 Å². The van der Waals surface area contributed by atoms with Gasteiger partial charge in [-0.25, -0.2) is 4.79 Å². The molecule has 2 aliphatic rings. The van der Waals surface area contributed by atoms with E-state index in [2.05, 4.69) is 5.32 Å². The number of amides is 1. The Morgan fingerprint density at radius 2 is 1.89 bits per heavy atom. The summed E-state index contributed by atoms with van der Waals surface area (Å²) in [4.78, 5) is 25.0. The molecule has 2 N–H and O–H groups in total. The molecule has 0 saturated carbocycles. The number of carbonyl (C=O) groups excluding carboxylic acids is 1. The number of hydrogen-bond acceptors (Lipinski definition) is 3. The molecule has 0 bridgehead atoms. The lowest BCUT2D eigenvalue weighted by atomic mass is 9.92. The first-order valence-corrected chi connectivity index (χ1v) is 7.41. The van der Waals surface area contributed by atoms with E-state index < -0.39 is 12.0 Å². The molecule has 0 spiro atoms. The SMILES string of the molecule is O=C(O)[C@H]1CCCCN1C(=O)CCC1CCNCC1. The summed E-state index contributed by atoms with van der Waals surface area (Å²) in [6.07, 6.45) is 6.13. The molecule has 2 saturated heterocycles. The standard InChI is InChI=1S/C14H24N2O3/c17-13(5-4-11-6-8-15-9-7-11)16-10-2-1-3-12(16)14(18)19/h11-12,15H,1-10H2,(H,18,19)/t12-/m1/s1. The highest BCUT2D eigenvalue weighted by atomic mass is 16.4. The Morgan fingerprint density at radius 1 is 1.16 bits per heavy atom. The molecule has 0 aromatic heterocycles. The van der Waals surface area contributed by atoms with Crippen molar-refractivity contribution in [1.82, 2.24) is 10.2 Å². The quantitative estimate of drug-likeness (QED) is 0.804. The smallest absolute Gasteiger partial charge is 0.326 e. The highest BCUT2D eigenvalue weighted by molar-refractivity contribution is 5.83. The highest BCUT2D eigenvalue weighted by Crippen LogP contribution is 2.22. The van der Waals surface area contributed by atoms with E-state index in [-0.39, 0.29) is 5.91 Å². The number of piperidine rings is 2. The second-order valence-electron chi connectivity index (χ2n) is 5.67. The van der Waals surface area contributed by atoms with Crippen LogP contribution in [0, 0.1) is 5.92 Å². The minimum Gasteiger partial charge on any atom is -0.480 e. The topological polar surface area (TPSA) is 69.6 Å². The summed E-state index contributed by atoms with van der Waals surface area (Å²) in [6, 6.07) is -0.589. The zero-order valence-corrected chi connectivity index (χ0v) is 11.4. The third kappa shape index (κ3) is 3.93. The first kappa shape index (κ1) is 14.3. The number of rotatable bonds is 4. The minimum atomic E-state index is -0.852. The summed E-state index contributed by atoms with van der Waals surface area (Å²) >= 11 is 0. The van der Waals surface area contributed by atoms with Gasteiger partial charge in [0.05, 0.1) is 0 Å². The lowest BCUT2D eigenvalue weighted by molar-refractivity contribution is -0.152. The van der Waals surface area contributed by atoms with Crippen LogP contribution < -0.4 is 5.32 Å². The molecule has 5 nitrogen and oxygen atoms in total. The fraction of sp³-hybridized carbons (Fsp3) is 0.857. The van der Waals surface area contributed by atoms with Crippen LogP contribution in [0.25, 0.3) is 0 Å². The van der Waals surface area contributed by atoms with Crippen molar-refractivity contribution in [1.29, 1.82) is 0 Å². The summed E-state index contributed by atoms with van der Waals surface area (Å²) < 4.78 is 0. The van der Waals surface area contributed by atoms with E-state index in [4.69, 9.17) is 0 Å². The third-order valence-corrected chi connectivity index (χ3v) is 4.33. The van der Waals surface area contributed by atoms with Crippen molar-refractivity contribution in [2.75, 3.05) is 19.6 Å². The number of nitrogens with zero attached hydrogens (tertiary/aromatic N) is 1. The van der Waals surface area contributed by atoms with E-state index in [1.54, 1.807) is 4.90 Å². The number of hydrogen-bond donors (Lipinski definition) is 2. The van der Waals surface area contributed by atoms with E-state index in [0.717, 1.165) is 45.2 Å². The Balaban J connectivity index is 1.81. The molecule has 2 fully saturated rings. The minimum absolute atomic E-state index is 0.0330. The Labute approximate surface area is 114 Å². The van der Waals surface area contributed by atoms with Gasteiger partial charge in [0.25, 0.3) is 0 Å². The van der Waals surface area contributed by atoms with Crippen LogP contribution in [0.5, 0.6) is 0 Å². The van der Waals surface area contributed by atoms with Gasteiger partial charge in [-0.3, -0.25) is 4.79 Å². The number of carboxylic acids is 1. The molecule has 1 atom stereocenters. The van der Waals surface area contributed by atoms with Crippen LogP contribution in [-0.4, -0.2) is 47.6 Å². The van der Waals surface area contributed by atoms with E-state index in [9.17, 15) is 14.7 Å². The molecule has 1 amide bonds. The molecule has 2 aliphatic heterocycles. The molecular formula is C14H24N2O3. The van der Waals surface area contributed by atoms with Gasteiger partial charge in [0.1, 0.15) is 6.04 Å². The third-order valence-electron chi connectivity index (χ3n) is 4.33. The second-order valence-corrected chi connectivity index (χ2v) is 5.67. The number of carbonyl (C=O) groups is 2. The average molecular weight is 268 g/mol. The van der Waals surface area contributed by atoms with E-state index >= 15 is 0 Å². The molecule has 0 aromatic carbocycles. The van der Waals surface area contributed by atoms with Crippen molar-refractivity contribution in [3.63, 3.8) is 0 Å². The van der Waals surface area contributed by atoms with Gasteiger partial charge in [-0.2, -0.15) is 0 Å². The van der Waals surface area contributed by atoms with E-state index in [1.807, 2.05) is 0 Å². The van der Waals surface area contributed by atoms with Gasteiger partial charge in [0.15, 0.2) is 0 Å². The van der Waals surface area contributed by atoms with Crippen LogP contribution in [0.4, 0.5) is 0 Å². The molecule has 0 aliphatic carbocycles. The monoisotopic (exact) mass is 268 g/mol. The first-order chi connectivity index (χ1) is 9.18. The number of carboxylic acid groups (broad SMARTS) is 1. The van der Waals surface area contributed by atoms with E-state index in [0.29, 0.717) is 25.3 Å². The van der Waals surface area contributed by atoms with Crippen LogP contribution in [-0.2, 0) is 9.59 Å². The van der Waals surface area contributed by atoms with Gasteiger partial charge in [0.2, 0.25) is 5.91 Å². The second kappa shape index (κ2) is 6.89. The lowest BCUT2D eigenvalue weighted by Gasteiger charge is -2.33. The molecule has 5 heteroatoms. The van der Waals surface area contributed by atoms with Crippen LogP contribution in [0.15, 0.2) is 0 Å². The Kier molecular flexibility index (Phi) is 5.19. The zero-order chi connectivity index (χ0) is 13.7. The van der Waals surface area contributed by atoms with Gasteiger partial charge in [0, 0.05) is 13.0 Å². The predicted octanol–water partition coefficient (Wildman–Crippen LogP) is 1.23. The van der Waals surface area contributed by atoms with Gasteiger partial charge in [-0.05, 0) is 57.5 Å². The fourth-order valence-electron chi connectivity index (χ4n) is 3.13. The highest BCUT2D eigenvalue weighted by Gasteiger charge is 2.31. The van der Waals surface area contributed by atoms with Crippen molar-refractivity contribution in [3.05, 3.63) is 0 Å². The zero-order valence-electron chi connectivity index (χ0n) is 11.4. The molecule has 0 unspecified atom stereocenters. The van der Waals surface area contributed by atoms with Crippen molar-refractivity contribution < 1.29 is 14.7 Å². The van der Waals surface area contributed by atoms with Gasteiger partial charge < -0.3 is 15.3 Å². The molecule has 19 heavy (non-hydrogen) atoms. The molecule has 108 valence electrons.